The normalized spacial score (nSPS) is 38.5. The van der Waals surface area contributed by atoms with Gasteiger partial charge in [0.15, 0.2) is 6.29 Å². The summed E-state index contributed by atoms with van der Waals surface area (Å²) >= 11 is 0. The third-order valence-corrected chi connectivity index (χ3v) is 5.71. The summed E-state index contributed by atoms with van der Waals surface area (Å²) in [7, 11) is 3.45. The van der Waals surface area contributed by atoms with Crippen LogP contribution in [0.15, 0.2) is 11.6 Å². The van der Waals surface area contributed by atoms with E-state index in [1.54, 1.807) is 14.2 Å². The molecule has 1 aliphatic carbocycles. The molecule has 0 aromatic carbocycles. The van der Waals surface area contributed by atoms with E-state index in [2.05, 4.69) is 26.8 Å². The Morgan fingerprint density at radius 2 is 2.00 bits per heavy atom. The van der Waals surface area contributed by atoms with E-state index in [1.807, 2.05) is 6.92 Å². The van der Waals surface area contributed by atoms with Crippen LogP contribution in [0.5, 0.6) is 0 Å². The first kappa shape index (κ1) is 17.9. The number of rotatable bonds is 7. The van der Waals surface area contributed by atoms with Gasteiger partial charge in [0.1, 0.15) is 5.60 Å². The highest BCUT2D eigenvalue weighted by Crippen LogP contribution is 2.48. The second-order valence-corrected chi connectivity index (χ2v) is 7.43. The Hall–Kier alpha value is -0.420. The number of aliphatic hydroxyl groups excluding tert-OH is 1. The maximum absolute atomic E-state index is 9.45. The van der Waals surface area contributed by atoms with Crippen LogP contribution in [-0.2, 0) is 14.2 Å². The molecule has 0 amide bonds. The largest absolute Gasteiger partial charge is 0.393 e. The van der Waals surface area contributed by atoms with Crippen LogP contribution in [0.25, 0.3) is 0 Å². The van der Waals surface area contributed by atoms with E-state index in [1.165, 1.54) is 5.57 Å². The highest BCUT2D eigenvalue weighted by molar-refractivity contribution is 5.15. The van der Waals surface area contributed by atoms with E-state index in [9.17, 15) is 5.11 Å². The quantitative estimate of drug-likeness (QED) is 0.446. The number of hydrogen-bond acceptors (Lipinski definition) is 4. The Morgan fingerprint density at radius 3 is 2.45 bits per heavy atom. The minimum atomic E-state index is -0.356. The Labute approximate surface area is 134 Å². The number of allylic oxidation sites excluding steroid dienone is 2. The van der Waals surface area contributed by atoms with Crippen molar-refractivity contribution in [2.45, 2.75) is 58.5 Å². The third-order valence-electron chi connectivity index (χ3n) is 5.71. The molecule has 0 unspecified atom stereocenters. The minimum absolute atomic E-state index is 0.0867. The summed E-state index contributed by atoms with van der Waals surface area (Å²) in [5.41, 5.74) is 1.04. The van der Waals surface area contributed by atoms with Crippen molar-refractivity contribution in [2.24, 2.45) is 23.7 Å². The molecule has 22 heavy (non-hydrogen) atoms. The number of ether oxygens (including phenoxy) is 3. The second kappa shape index (κ2) is 7.00. The van der Waals surface area contributed by atoms with Gasteiger partial charge in [0, 0.05) is 20.1 Å². The van der Waals surface area contributed by atoms with Crippen LogP contribution < -0.4 is 0 Å². The van der Waals surface area contributed by atoms with Crippen molar-refractivity contribution < 1.29 is 19.3 Å². The fourth-order valence-corrected chi connectivity index (χ4v) is 4.05. The second-order valence-electron chi connectivity index (χ2n) is 7.43. The number of aliphatic hydroxyl groups is 1. The molecule has 0 aromatic rings. The monoisotopic (exact) mass is 312 g/mol. The molecule has 5 atom stereocenters. The van der Waals surface area contributed by atoms with Crippen LogP contribution in [0.2, 0.25) is 0 Å². The molecule has 1 fully saturated rings. The molecule has 1 saturated heterocycles. The van der Waals surface area contributed by atoms with Crippen molar-refractivity contribution in [1.29, 1.82) is 0 Å². The van der Waals surface area contributed by atoms with Gasteiger partial charge in [-0.1, -0.05) is 25.5 Å². The molecule has 128 valence electrons. The lowest BCUT2D eigenvalue weighted by atomic mass is 9.66. The van der Waals surface area contributed by atoms with Gasteiger partial charge in [0.05, 0.1) is 12.7 Å². The van der Waals surface area contributed by atoms with Gasteiger partial charge in [-0.3, -0.25) is 0 Å². The van der Waals surface area contributed by atoms with Crippen LogP contribution in [0.4, 0.5) is 0 Å². The summed E-state index contributed by atoms with van der Waals surface area (Å²) in [5.74, 6) is 1.82. The van der Waals surface area contributed by atoms with Crippen molar-refractivity contribution in [3.63, 3.8) is 0 Å². The molecule has 0 radical (unpaired) electrons. The topological polar surface area (TPSA) is 51.2 Å². The average molecular weight is 312 g/mol. The molecular formula is C18H32O4. The lowest BCUT2D eigenvalue weighted by Gasteiger charge is -2.42. The van der Waals surface area contributed by atoms with Gasteiger partial charge < -0.3 is 19.3 Å². The molecule has 0 aromatic heterocycles. The number of hydrogen-bond donors (Lipinski definition) is 1. The summed E-state index contributed by atoms with van der Waals surface area (Å²) < 4.78 is 17.0. The van der Waals surface area contributed by atoms with E-state index in [0.29, 0.717) is 23.7 Å². The van der Waals surface area contributed by atoms with Crippen LogP contribution in [0.3, 0.4) is 0 Å². The molecule has 2 rings (SSSR count). The molecular weight excluding hydrogens is 280 g/mol. The zero-order chi connectivity index (χ0) is 16.5. The lowest BCUT2D eigenvalue weighted by molar-refractivity contribution is -0.166. The SMILES string of the molecule is COC(OC)[C@@H]1[C@@H](C(C)C)CC=C(C)[C@@H]1C[C@@H]1O[C@]1(C)CO. The molecule has 1 heterocycles. The van der Waals surface area contributed by atoms with Crippen LogP contribution >= 0.6 is 0 Å². The molecule has 0 saturated carbocycles. The van der Waals surface area contributed by atoms with Gasteiger partial charge in [-0.25, -0.2) is 0 Å². The van der Waals surface area contributed by atoms with Gasteiger partial charge >= 0.3 is 0 Å². The van der Waals surface area contributed by atoms with Gasteiger partial charge in [-0.2, -0.15) is 0 Å². The summed E-state index contributed by atoms with van der Waals surface area (Å²) in [6.45, 7) is 8.82. The van der Waals surface area contributed by atoms with Crippen LogP contribution in [-0.4, -0.2) is 43.9 Å². The zero-order valence-corrected chi connectivity index (χ0v) is 14.8. The molecule has 1 aliphatic heterocycles. The van der Waals surface area contributed by atoms with E-state index in [0.717, 1.165) is 12.8 Å². The van der Waals surface area contributed by atoms with Gasteiger partial charge in [-0.15, -0.1) is 0 Å². The molecule has 4 heteroatoms. The third kappa shape index (κ3) is 3.40. The standard InChI is InChI=1S/C18H32O4/c1-11(2)13-8-7-12(3)14(16(13)17(20-5)21-6)9-15-18(4,10-19)22-15/h7,11,13-17,19H,8-10H2,1-6H3/t13-,14+,15+,16-,18-/m1/s1. The fraction of sp³-hybridized carbons (Fsp3) is 0.889. The Bertz CT molecular complexity index is 402. The molecule has 2 aliphatic rings. The predicted molar refractivity (Wildman–Crippen MR) is 86.5 cm³/mol. The first-order valence-electron chi connectivity index (χ1n) is 8.38. The summed E-state index contributed by atoms with van der Waals surface area (Å²) in [4.78, 5) is 0. The van der Waals surface area contributed by atoms with Gasteiger partial charge in [-0.05, 0) is 44.4 Å². The van der Waals surface area contributed by atoms with E-state index < -0.39 is 0 Å². The predicted octanol–water partition coefficient (Wildman–Crippen LogP) is 3.00. The maximum Gasteiger partial charge on any atom is 0.160 e. The molecule has 4 nitrogen and oxygen atoms in total. The smallest absolute Gasteiger partial charge is 0.160 e. The summed E-state index contributed by atoms with van der Waals surface area (Å²) in [6.07, 6.45) is 4.31. The number of epoxide rings is 1. The average Bonchev–Trinajstić information content (AvgIpc) is 3.14. The van der Waals surface area contributed by atoms with Crippen molar-refractivity contribution in [3.05, 3.63) is 11.6 Å². The van der Waals surface area contributed by atoms with Gasteiger partial charge in [0.2, 0.25) is 0 Å². The maximum atomic E-state index is 9.45. The lowest BCUT2D eigenvalue weighted by Crippen LogP contribution is -2.42. The highest BCUT2D eigenvalue weighted by Gasteiger charge is 2.54. The number of methoxy groups -OCH3 is 2. The Morgan fingerprint density at radius 1 is 1.36 bits per heavy atom. The molecule has 1 N–H and O–H groups in total. The van der Waals surface area contributed by atoms with E-state index >= 15 is 0 Å². The summed E-state index contributed by atoms with van der Waals surface area (Å²) in [5, 5.41) is 9.45. The molecule has 0 spiro atoms. The van der Waals surface area contributed by atoms with E-state index in [-0.39, 0.29) is 24.6 Å². The van der Waals surface area contributed by atoms with Crippen LogP contribution in [0, 0.1) is 23.7 Å². The minimum Gasteiger partial charge on any atom is -0.393 e. The van der Waals surface area contributed by atoms with Crippen molar-refractivity contribution in [1.82, 2.24) is 0 Å². The Balaban J connectivity index is 2.21. The first-order valence-corrected chi connectivity index (χ1v) is 8.38. The van der Waals surface area contributed by atoms with Crippen molar-refractivity contribution in [2.75, 3.05) is 20.8 Å². The van der Waals surface area contributed by atoms with Crippen LogP contribution in [0.1, 0.15) is 40.5 Å². The van der Waals surface area contributed by atoms with Crippen molar-refractivity contribution in [3.8, 4) is 0 Å². The summed E-state index contributed by atoms with van der Waals surface area (Å²) in [6, 6.07) is 0. The van der Waals surface area contributed by atoms with E-state index in [4.69, 9.17) is 14.2 Å². The first-order chi connectivity index (χ1) is 10.4. The molecule has 0 bridgehead atoms. The zero-order valence-electron chi connectivity index (χ0n) is 14.8. The fourth-order valence-electron chi connectivity index (χ4n) is 4.05. The van der Waals surface area contributed by atoms with Crippen molar-refractivity contribution >= 4 is 0 Å². The van der Waals surface area contributed by atoms with Gasteiger partial charge in [0.25, 0.3) is 0 Å². The Kier molecular flexibility index (Phi) is 5.70. The highest BCUT2D eigenvalue weighted by atomic mass is 16.7.